The number of fused-ring (bicyclic) bond motifs is 3. The van der Waals surface area contributed by atoms with Crippen molar-refractivity contribution in [2.75, 3.05) is 27.9 Å². The molecule has 1 aliphatic carbocycles. The molecule has 0 aromatic heterocycles. The summed E-state index contributed by atoms with van der Waals surface area (Å²) in [5.41, 5.74) is 1.43. The molecular weight excluding hydrogens is 823 g/mol. The van der Waals surface area contributed by atoms with Gasteiger partial charge in [-0.2, -0.15) is 0 Å². The van der Waals surface area contributed by atoms with Crippen LogP contribution in [-0.4, -0.2) is 137 Å². The highest BCUT2D eigenvalue weighted by Gasteiger charge is 2.54. The van der Waals surface area contributed by atoms with Gasteiger partial charge in [-0.15, -0.1) is 0 Å². The number of rotatable bonds is 6. The van der Waals surface area contributed by atoms with Crippen molar-refractivity contribution < 1.29 is 63.3 Å². The van der Waals surface area contributed by atoms with E-state index in [0.717, 1.165) is 16.9 Å². The quantitative estimate of drug-likeness (QED) is 0.144. The number of Topliss-reactive ketones (excluding diaryl/α,β-unsaturated/α-hetero) is 2. The number of carbonyl (C=O) groups excluding carboxylic acids is 4. The summed E-state index contributed by atoms with van der Waals surface area (Å²) in [6.45, 7) is 11.6. The zero-order chi connectivity index (χ0) is 47.3. The van der Waals surface area contributed by atoms with Crippen LogP contribution in [-0.2, 0) is 42.9 Å². The third-order valence-electron chi connectivity index (χ3n) is 14.1. The van der Waals surface area contributed by atoms with Crippen LogP contribution in [0.5, 0.6) is 0 Å². The lowest BCUT2D eigenvalue weighted by Gasteiger charge is -2.42. The van der Waals surface area contributed by atoms with Crippen LogP contribution < -0.4 is 0 Å². The fraction of sp³-hybridized carbons (Fsp3) is 0.760. The lowest BCUT2D eigenvalue weighted by atomic mass is 9.78. The van der Waals surface area contributed by atoms with Gasteiger partial charge in [-0.1, -0.05) is 64.2 Å². The molecule has 2 bridgehead atoms. The van der Waals surface area contributed by atoms with Crippen LogP contribution in [0.15, 0.2) is 47.6 Å². The van der Waals surface area contributed by atoms with E-state index in [1.54, 1.807) is 21.1 Å². The summed E-state index contributed by atoms with van der Waals surface area (Å²) >= 11 is 0. The number of ether oxygens (including phenoxy) is 5. The molecule has 3 aliphatic heterocycles. The summed E-state index contributed by atoms with van der Waals surface area (Å²) < 4.78 is 29.3. The number of cyclic esters (lactones) is 1. The molecular formula is C50H79NO13. The third kappa shape index (κ3) is 14.2. The maximum Gasteiger partial charge on any atom is 0.329 e. The molecule has 14 heteroatoms. The second kappa shape index (κ2) is 25.2. The summed E-state index contributed by atoms with van der Waals surface area (Å²) in [5.74, 6) is -6.47. The van der Waals surface area contributed by atoms with Crippen molar-refractivity contribution in [2.45, 2.75) is 186 Å². The molecule has 14 nitrogen and oxygen atoms in total. The first kappa shape index (κ1) is 53.5. The van der Waals surface area contributed by atoms with Crippen LogP contribution in [0.2, 0.25) is 0 Å². The van der Waals surface area contributed by atoms with Gasteiger partial charge >= 0.3 is 5.97 Å². The fourth-order valence-corrected chi connectivity index (χ4v) is 10.1. The number of aliphatic hydroxyl groups is 4. The summed E-state index contributed by atoms with van der Waals surface area (Å²) in [6, 6.07) is -1.10. The molecule has 1 saturated carbocycles. The summed E-state index contributed by atoms with van der Waals surface area (Å²) in [7, 11) is 4.57. The number of amides is 1. The number of methoxy groups -OCH3 is 3. The molecule has 1 amide bonds. The Kier molecular flexibility index (Phi) is 21.0. The normalized spacial score (nSPS) is 40.8. The first-order valence-corrected chi connectivity index (χ1v) is 23.7. The average Bonchev–Trinajstić information content (AvgIpc) is 3.27. The lowest BCUT2D eigenvalue weighted by molar-refractivity contribution is -0.282. The van der Waals surface area contributed by atoms with Crippen molar-refractivity contribution in [1.29, 1.82) is 0 Å². The predicted octanol–water partition coefficient (Wildman–Crippen LogP) is 5.73. The van der Waals surface area contributed by atoms with Crippen molar-refractivity contribution in [3.8, 4) is 0 Å². The Bertz CT molecular complexity index is 1680. The first-order valence-electron chi connectivity index (χ1n) is 23.7. The fourth-order valence-electron chi connectivity index (χ4n) is 10.1. The van der Waals surface area contributed by atoms with E-state index >= 15 is 0 Å². The molecule has 0 aromatic carbocycles. The highest BCUT2D eigenvalue weighted by atomic mass is 16.7. The van der Waals surface area contributed by atoms with Crippen LogP contribution in [0.1, 0.15) is 125 Å². The van der Waals surface area contributed by atoms with Gasteiger partial charge in [0.15, 0.2) is 5.78 Å². The van der Waals surface area contributed by atoms with E-state index in [1.807, 2.05) is 71.1 Å². The highest BCUT2D eigenvalue weighted by Crippen LogP contribution is 2.36. The van der Waals surface area contributed by atoms with Gasteiger partial charge in [-0.3, -0.25) is 14.4 Å². The first-order chi connectivity index (χ1) is 30.3. The molecule has 0 radical (unpaired) electrons. The van der Waals surface area contributed by atoms with E-state index in [4.69, 9.17) is 23.7 Å². The van der Waals surface area contributed by atoms with Crippen LogP contribution in [0, 0.1) is 29.6 Å². The number of esters is 1. The molecule has 0 unspecified atom stereocenters. The second-order valence-corrected chi connectivity index (χ2v) is 19.3. The second-order valence-electron chi connectivity index (χ2n) is 19.3. The Morgan fingerprint density at radius 3 is 2.23 bits per heavy atom. The van der Waals surface area contributed by atoms with E-state index in [9.17, 15) is 39.6 Å². The van der Waals surface area contributed by atoms with Crippen molar-refractivity contribution in [3.63, 3.8) is 0 Å². The van der Waals surface area contributed by atoms with E-state index in [-0.39, 0.29) is 67.3 Å². The van der Waals surface area contributed by atoms with Crippen LogP contribution in [0.4, 0.5) is 0 Å². The molecule has 4 aliphatic rings. The zero-order valence-electron chi connectivity index (χ0n) is 39.9. The lowest BCUT2D eigenvalue weighted by Crippen LogP contribution is -2.63. The van der Waals surface area contributed by atoms with Gasteiger partial charge in [-0.05, 0) is 126 Å². The highest BCUT2D eigenvalue weighted by molar-refractivity contribution is 6.39. The number of hydrogen-bond donors (Lipinski definition) is 4. The number of piperidine rings is 1. The van der Waals surface area contributed by atoms with Gasteiger partial charge in [-0.25, -0.2) is 4.79 Å². The van der Waals surface area contributed by atoms with Gasteiger partial charge < -0.3 is 49.0 Å². The number of allylic oxidation sites excluding steroid dienone is 6. The summed E-state index contributed by atoms with van der Waals surface area (Å²) in [4.78, 5) is 57.3. The number of carbonyl (C=O) groups is 4. The molecule has 3 heterocycles. The van der Waals surface area contributed by atoms with Crippen LogP contribution >= 0.6 is 0 Å². The number of ketones is 2. The topological polar surface area (TPSA) is 199 Å². The third-order valence-corrected chi connectivity index (χ3v) is 14.1. The van der Waals surface area contributed by atoms with Crippen molar-refractivity contribution in [1.82, 2.24) is 4.90 Å². The van der Waals surface area contributed by atoms with Gasteiger partial charge in [0.05, 0.1) is 24.4 Å². The minimum absolute atomic E-state index is 0.000815. The number of aliphatic hydroxyl groups excluding tert-OH is 3. The molecule has 3 fully saturated rings. The molecule has 64 heavy (non-hydrogen) atoms. The standard InChI is InChI=1S/C50H79NO13/c1-30-15-11-10-12-16-32(3)41(60-7)29-37-20-23-43(53)50(59,64-37)47(56)48(57)51-24-14-13-17-38(51)49(58)63-40(33(4)27-36-19-21-39(52)42(28-36)61-8)22-18-31(2)26-35(6)45(55)46(62-9)44(54)34(5)25-30/h10-12,15-16,26,30-31,33-34,36-43,45-46,52-53,55,59H,13-14,17-25,27-29H2,1-9H3/b12-10+,15-11+,32-16+,35-26+/t30-,31+,33-,34-,36+,37+,38+,39-,40+,41+,42-,43-,45-,46+,50-/m1/s1. The number of nitrogens with zero attached hydrogens (tertiary/aromatic N) is 1. The van der Waals surface area contributed by atoms with Crippen molar-refractivity contribution in [3.05, 3.63) is 47.6 Å². The van der Waals surface area contributed by atoms with E-state index in [2.05, 4.69) is 0 Å². The maximum absolute atomic E-state index is 14.3. The van der Waals surface area contributed by atoms with Gasteiger partial charge in [0.25, 0.3) is 17.5 Å². The SMILES string of the molecule is CO[C@H]1C[C@@H]2CC[C@@H](O)[C@@](O)(O2)C(=O)C(=O)N2CCCC[C@H]2C(=O)O[C@H]([C@H](C)C[C@@H]2CC[C@@H](O)[C@H](OC)C2)CC[C@H](C)/C=C(\C)[C@@H](O)[C@@H](OC)C(=O)[C@H](C)C[C@H](C)/C=C/C=C/C=C/1C. The largest absolute Gasteiger partial charge is 0.461 e. The molecule has 4 N–H and O–H groups in total. The predicted molar refractivity (Wildman–Crippen MR) is 242 cm³/mol. The van der Waals surface area contributed by atoms with E-state index < -0.39 is 72.2 Å². The van der Waals surface area contributed by atoms with Crippen LogP contribution in [0.25, 0.3) is 0 Å². The molecule has 0 aromatic rings. The molecule has 2 saturated heterocycles. The molecule has 362 valence electrons. The average molecular weight is 902 g/mol. The van der Waals surface area contributed by atoms with Gasteiger partial charge in [0.1, 0.15) is 30.5 Å². The smallest absolute Gasteiger partial charge is 0.329 e. The zero-order valence-corrected chi connectivity index (χ0v) is 39.9. The Hall–Kier alpha value is -3.08. The minimum Gasteiger partial charge on any atom is -0.461 e. The van der Waals surface area contributed by atoms with Crippen molar-refractivity contribution in [2.24, 2.45) is 29.6 Å². The maximum atomic E-state index is 14.3. The van der Waals surface area contributed by atoms with E-state index in [1.165, 1.54) is 7.11 Å². The van der Waals surface area contributed by atoms with Gasteiger partial charge in [0.2, 0.25) is 0 Å². The Balaban J connectivity index is 1.67. The Morgan fingerprint density at radius 1 is 0.812 bits per heavy atom. The van der Waals surface area contributed by atoms with Gasteiger partial charge in [0, 0.05) is 40.2 Å². The molecule has 0 spiro atoms. The summed E-state index contributed by atoms with van der Waals surface area (Å²) in [5, 5.41) is 44.6. The Labute approximate surface area is 381 Å². The molecule has 15 atom stereocenters. The van der Waals surface area contributed by atoms with Crippen molar-refractivity contribution >= 4 is 23.4 Å². The molecule has 4 rings (SSSR count). The Morgan fingerprint density at radius 2 is 1.55 bits per heavy atom. The number of hydrogen-bond acceptors (Lipinski definition) is 13. The van der Waals surface area contributed by atoms with Crippen LogP contribution in [0.3, 0.4) is 0 Å². The monoisotopic (exact) mass is 902 g/mol. The van der Waals surface area contributed by atoms with E-state index in [0.29, 0.717) is 63.4 Å². The summed E-state index contributed by atoms with van der Waals surface area (Å²) in [6.07, 6.45) is 11.2. The minimum atomic E-state index is -2.82.